The molecule has 0 aliphatic heterocycles. The third kappa shape index (κ3) is 6.75. The van der Waals surface area contributed by atoms with Gasteiger partial charge in [0.15, 0.2) is 0 Å². The maximum absolute atomic E-state index is 4.16. The van der Waals surface area contributed by atoms with E-state index in [1.165, 1.54) is 0 Å². The summed E-state index contributed by atoms with van der Waals surface area (Å²) in [6.07, 6.45) is 6.20. The SMILES string of the molecule is CN(C)CCc1cnccn1.Cl.Cl. The van der Waals surface area contributed by atoms with Gasteiger partial charge in [-0.2, -0.15) is 0 Å². The van der Waals surface area contributed by atoms with E-state index in [0.29, 0.717) is 0 Å². The van der Waals surface area contributed by atoms with Crippen molar-refractivity contribution in [1.82, 2.24) is 14.9 Å². The van der Waals surface area contributed by atoms with E-state index in [1.54, 1.807) is 12.4 Å². The molecule has 1 aromatic heterocycles. The van der Waals surface area contributed by atoms with E-state index in [1.807, 2.05) is 6.20 Å². The lowest BCUT2D eigenvalue weighted by Crippen LogP contribution is -2.15. The van der Waals surface area contributed by atoms with Crippen LogP contribution in [0.1, 0.15) is 5.69 Å². The summed E-state index contributed by atoms with van der Waals surface area (Å²) in [5, 5.41) is 0. The highest BCUT2D eigenvalue weighted by Crippen LogP contribution is 1.91. The predicted molar refractivity (Wildman–Crippen MR) is 58.8 cm³/mol. The van der Waals surface area contributed by atoms with Crippen LogP contribution in [0.4, 0.5) is 0 Å². The van der Waals surface area contributed by atoms with E-state index in [2.05, 4.69) is 29.0 Å². The molecule has 3 nitrogen and oxygen atoms in total. The third-order valence-corrected chi connectivity index (χ3v) is 1.43. The number of hydrogen-bond donors (Lipinski definition) is 0. The van der Waals surface area contributed by atoms with Crippen LogP contribution in [0.3, 0.4) is 0 Å². The first kappa shape index (κ1) is 15.1. The summed E-state index contributed by atoms with van der Waals surface area (Å²) in [6.45, 7) is 1.03. The smallest absolute Gasteiger partial charge is 0.0599 e. The van der Waals surface area contributed by atoms with Gasteiger partial charge in [0.25, 0.3) is 0 Å². The number of rotatable bonds is 3. The molecule has 0 bridgehead atoms. The fourth-order valence-corrected chi connectivity index (χ4v) is 0.797. The van der Waals surface area contributed by atoms with Crippen molar-refractivity contribution in [3.8, 4) is 0 Å². The molecule has 76 valence electrons. The molecule has 5 heteroatoms. The van der Waals surface area contributed by atoms with Crippen LogP contribution in [-0.4, -0.2) is 35.5 Å². The Bertz CT molecular complexity index is 204. The lowest BCUT2D eigenvalue weighted by Gasteiger charge is -2.07. The zero-order chi connectivity index (χ0) is 8.10. The van der Waals surface area contributed by atoms with E-state index in [-0.39, 0.29) is 24.8 Å². The van der Waals surface area contributed by atoms with Crippen molar-refractivity contribution in [1.29, 1.82) is 0 Å². The second kappa shape index (κ2) is 8.23. The summed E-state index contributed by atoms with van der Waals surface area (Å²) in [4.78, 5) is 10.3. The van der Waals surface area contributed by atoms with E-state index in [4.69, 9.17) is 0 Å². The molecule has 0 amide bonds. The van der Waals surface area contributed by atoms with Crippen LogP contribution in [-0.2, 0) is 6.42 Å². The van der Waals surface area contributed by atoms with Gasteiger partial charge < -0.3 is 4.90 Å². The second-order valence-corrected chi connectivity index (χ2v) is 2.75. The quantitative estimate of drug-likeness (QED) is 0.777. The van der Waals surface area contributed by atoms with Crippen molar-refractivity contribution in [3.05, 3.63) is 24.3 Å². The lowest BCUT2D eigenvalue weighted by molar-refractivity contribution is 0.411. The average molecular weight is 224 g/mol. The van der Waals surface area contributed by atoms with Gasteiger partial charge in [0.05, 0.1) is 5.69 Å². The van der Waals surface area contributed by atoms with Crippen molar-refractivity contribution in [2.75, 3.05) is 20.6 Å². The van der Waals surface area contributed by atoms with E-state index >= 15 is 0 Å². The first-order valence-electron chi connectivity index (χ1n) is 3.68. The van der Waals surface area contributed by atoms with Crippen molar-refractivity contribution in [2.24, 2.45) is 0 Å². The molecule has 13 heavy (non-hydrogen) atoms. The molecular formula is C8H15Cl2N3. The normalized spacial score (nSPS) is 8.85. The number of nitrogens with zero attached hydrogens (tertiary/aromatic N) is 3. The molecule has 0 atom stereocenters. The maximum Gasteiger partial charge on any atom is 0.0599 e. The molecule has 0 aliphatic carbocycles. The minimum absolute atomic E-state index is 0. The number of aromatic nitrogens is 2. The average Bonchev–Trinajstić information content (AvgIpc) is 2.03. The summed E-state index contributed by atoms with van der Waals surface area (Å²) >= 11 is 0. The van der Waals surface area contributed by atoms with Gasteiger partial charge in [0.1, 0.15) is 0 Å². The van der Waals surface area contributed by atoms with Crippen LogP contribution in [0.5, 0.6) is 0 Å². The zero-order valence-corrected chi connectivity index (χ0v) is 9.44. The summed E-state index contributed by atoms with van der Waals surface area (Å²) in [6, 6.07) is 0. The van der Waals surface area contributed by atoms with Crippen molar-refractivity contribution >= 4 is 24.8 Å². The first-order chi connectivity index (χ1) is 5.29. The zero-order valence-electron chi connectivity index (χ0n) is 7.80. The van der Waals surface area contributed by atoms with Gasteiger partial charge in [-0.1, -0.05) is 0 Å². The van der Waals surface area contributed by atoms with Crippen molar-refractivity contribution in [3.63, 3.8) is 0 Å². The molecule has 0 unspecified atom stereocenters. The Hall–Kier alpha value is -0.380. The Morgan fingerprint density at radius 3 is 2.38 bits per heavy atom. The van der Waals surface area contributed by atoms with Gasteiger partial charge in [-0.05, 0) is 14.1 Å². The van der Waals surface area contributed by atoms with Crippen LogP contribution >= 0.6 is 24.8 Å². The Morgan fingerprint density at radius 2 is 1.92 bits per heavy atom. The van der Waals surface area contributed by atoms with E-state index in [0.717, 1.165) is 18.7 Å². The van der Waals surface area contributed by atoms with Gasteiger partial charge in [-0.15, -0.1) is 24.8 Å². The Balaban J connectivity index is 0. The van der Waals surface area contributed by atoms with E-state index in [9.17, 15) is 0 Å². The molecule has 0 aromatic carbocycles. The highest BCUT2D eigenvalue weighted by Gasteiger charge is 1.93. The number of hydrogen-bond acceptors (Lipinski definition) is 3. The molecule has 1 aromatic rings. The van der Waals surface area contributed by atoms with Gasteiger partial charge in [-0.3, -0.25) is 9.97 Å². The fraction of sp³-hybridized carbons (Fsp3) is 0.500. The molecule has 0 saturated heterocycles. The monoisotopic (exact) mass is 223 g/mol. The van der Waals surface area contributed by atoms with Gasteiger partial charge in [-0.25, -0.2) is 0 Å². The van der Waals surface area contributed by atoms with Gasteiger partial charge >= 0.3 is 0 Å². The molecule has 0 saturated carbocycles. The highest BCUT2D eigenvalue weighted by molar-refractivity contribution is 5.85. The standard InChI is InChI=1S/C8H13N3.2ClH/c1-11(2)6-3-8-7-9-4-5-10-8;;/h4-5,7H,3,6H2,1-2H3;2*1H. The van der Waals surface area contributed by atoms with Crippen LogP contribution in [0.2, 0.25) is 0 Å². The van der Waals surface area contributed by atoms with Crippen LogP contribution in [0, 0.1) is 0 Å². The molecule has 0 fully saturated rings. The summed E-state index contributed by atoms with van der Waals surface area (Å²) in [5.41, 5.74) is 1.06. The third-order valence-electron chi connectivity index (χ3n) is 1.43. The molecule has 0 spiro atoms. The summed E-state index contributed by atoms with van der Waals surface area (Å²) in [5.74, 6) is 0. The Labute approximate surface area is 91.4 Å². The molecule has 1 rings (SSSR count). The van der Waals surface area contributed by atoms with Crippen molar-refractivity contribution in [2.45, 2.75) is 6.42 Å². The first-order valence-corrected chi connectivity index (χ1v) is 3.68. The van der Waals surface area contributed by atoms with Gasteiger partial charge in [0.2, 0.25) is 0 Å². The summed E-state index contributed by atoms with van der Waals surface area (Å²) < 4.78 is 0. The topological polar surface area (TPSA) is 29.0 Å². The lowest BCUT2D eigenvalue weighted by atomic mass is 10.3. The molecular weight excluding hydrogens is 209 g/mol. The minimum Gasteiger partial charge on any atom is -0.309 e. The maximum atomic E-state index is 4.16. The largest absolute Gasteiger partial charge is 0.309 e. The molecule has 0 N–H and O–H groups in total. The highest BCUT2D eigenvalue weighted by atomic mass is 35.5. The molecule has 1 heterocycles. The van der Waals surface area contributed by atoms with Crippen LogP contribution < -0.4 is 0 Å². The fourth-order valence-electron chi connectivity index (χ4n) is 0.797. The minimum atomic E-state index is 0. The Kier molecular flexibility index (Phi) is 9.56. The number of halogens is 2. The second-order valence-electron chi connectivity index (χ2n) is 2.75. The summed E-state index contributed by atoms with van der Waals surface area (Å²) in [7, 11) is 4.10. The van der Waals surface area contributed by atoms with Crippen LogP contribution in [0.25, 0.3) is 0 Å². The van der Waals surface area contributed by atoms with Gasteiger partial charge in [0, 0.05) is 31.6 Å². The van der Waals surface area contributed by atoms with Crippen LogP contribution in [0.15, 0.2) is 18.6 Å². The predicted octanol–water partition coefficient (Wildman–Crippen LogP) is 1.42. The molecule has 0 aliphatic rings. The number of likely N-dealkylation sites (N-methyl/N-ethyl adjacent to an activating group) is 1. The Morgan fingerprint density at radius 1 is 1.23 bits per heavy atom. The van der Waals surface area contributed by atoms with Crippen molar-refractivity contribution < 1.29 is 0 Å². The van der Waals surface area contributed by atoms with E-state index < -0.39 is 0 Å². The molecule has 0 radical (unpaired) electrons.